The summed E-state index contributed by atoms with van der Waals surface area (Å²) in [6.07, 6.45) is 2.81. The Kier molecular flexibility index (Phi) is 6.17. The first kappa shape index (κ1) is 16.4. The lowest BCUT2D eigenvalue weighted by Crippen LogP contribution is -2.42. The molecule has 0 unspecified atom stereocenters. The second-order valence-electron chi connectivity index (χ2n) is 5.71. The number of sulfonamides is 1. The number of benzene rings is 1. The van der Waals surface area contributed by atoms with Gasteiger partial charge < -0.3 is 5.32 Å². The van der Waals surface area contributed by atoms with Crippen LogP contribution >= 0.6 is 0 Å². The maximum atomic E-state index is 10.8. The molecule has 5 nitrogen and oxygen atoms in total. The van der Waals surface area contributed by atoms with Crippen LogP contribution in [0.25, 0.3) is 0 Å². The van der Waals surface area contributed by atoms with Crippen molar-refractivity contribution in [3.05, 3.63) is 35.9 Å². The van der Waals surface area contributed by atoms with Gasteiger partial charge in [0.15, 0.2) is 0 Å². The van der Waals surface area contributed by atoms with Gasteiger partial charge in [-0.15, -0.1) is 0 Å². The lowest BCUT2D eigenvalue weighted by atomic mass is 10.0. The van der Waals surface area contributed by atoms with Gasteiger partial charge in [0.2, 0.25) is 10.0 Å². The molecule has 3 N–H and O–H groups in total. The molecule has 1 aliphatic heterocycles. The number of likely N-dealkylation sites (tertiary alicyclic amines) is 1. The lowest BCUT2D eigenvalue weighted by Gasteiger charge is -2.32. The third-order valence-electron chi connectivity index (χ3n) is 3.88. The van der Waals surface area contributed by atoms with Gasteiger partial charge in [-0.05, 0) is 44.5 Å². The van der Waals surface area contributed by atoms with Gasteiger partial charge in [0.25, 0.3) is 0 Å². The Labute approximate surface area is 127 Å². The van der Waals surface area contributed by atoms with E-state index in [-0.39, 0.29) is 5.75 Å². The summed E-state index contributed by atoms with van der Waals surface area (Å²) in [7, 11) is -3.32. The van der Waals surface area contributed by atoms with Crippen LogP contribution in [0.2, 0.25) is 0 Å². The number of hydrogen-bond acceptors (Lipinski definition) is 4. The van der Waals surface area contributed by atoms with Gasteiger partial charge in [-0.25, -0.2) is 13.6 Å². The highest BCUT2D eigenvalue weighted by atomic mass is 32.2. The smallest absolute Gasteiger partial charge is 0.209 e. The van der Waals surface area contributed by atoms with Crippen LogP contribution in [0.1, 0.15) is 24.8 Å². The molecule has 1 aromatic carbocycles. The minimum Gasteiger partial charge on any atom is -0.314 e. The molecule has 0 aromatic heterocycles. The number of hydrogen-bond donors (Lipinski definition) is 2. The second kappa shape index (κ2) is 7.89. The van der Waals surface area contributed by atoms with Crippen molar-refractivity contribution in [1.29, 1.82) is 0 Å². The zero-order chi connectivity index (χ0) is 15.1. The second-order valence-corrected chi connectivity index (χ2v) is 7.44. The van der Waals surface area contributed by atoms with Gasteiger partial charge in [0.1, 0.15) is 0 Å². The van der Waals surface area contributed by atoms with Crippen LogP contribution in [0.15, 0.2) is 30.3 Å². The van der Waals surface area contributed by atoms with Crippen LogP contribution in [0, 0.1) is 0 Å². The molecular formula is C15H25N3O2S. The van der Waals surface area contributed by atoms with E-state index in [0.717, 1.165) is 39.0 Å². The van der Waals surface area contributed by atoms with Crippen molar-refractivity contribution in [2.24, 2.45) is 5.14 Å². The van der Waals surface area contributed by atoms with Crippen molar-refractivity contribution >= 4 is 10.0 Å². The lowest BCUT2D eigenvalue weighted by molar-refractivity contribution is 0.191. The Bertz CT molecular complexity index is 511. The largest absolute Gasteiger partial charge is 0.314 e. The van der Waals surface area contributed by atoms with Gasteiger partial charge in [-0.3, -0.25) is 4.90 Å². The summed E-state index contributed by atoms with van der Waals surface area (Å²) in [5, 5.41) is 8.42. The molecule has 1 fully saturated rings. The molecule has 0 aliphatic carbocycles. The summed E-state index contributed by atoms with van der Waals surface area (Å²) in [4.78, 5) is 2.47. The monoisotopic (exact) mass is 311 g/mol. The van der Waals surface area contributed by atoms with Crippen LogP contribution in [0.5, 0.6) is 0 Å². The Morgan fingerprint density at radius 3 is 2.48 bits per heavy atom. The van der Waals surface area contributed by atoms with E-state index in [2.05, 4.69) is 34.5 Å². The number of piperidine rings is 1. The number of rotatable bonds is 7. The summed E-state index contributed by atoms with van der Waals surface area (Å²) < 4.78 is 21.7. The molecule has 1 heterocycles. The molecule has 0 radical (unpaired) electrons. The SMILES string of the molecule is NS(=O)(=O)CCCNC1CCN(Cc2ccccc2)CC1. The number of nitrogens with zero attached hydrogens (tertiary/aromatic N) is 1. The van der Waals surface area contributed by atoms with Crippen molar-refractivity contribution in [3.63, 3.8) is 0 Å². The van der Waals surface area contributed by atoms with Crippen LogP contribution in [0.4, 0.5) is 0 Å². The third kappa shape index (κ3) is 6.56. The maximum absolute atomic E-state index is 10.8. The summed E-state index contributed by atoms with van der Waals surface area (Å²) in [6.45, 7) is 3.91. The summed E-state index contributed by atoms with van der Waals surface area (Å²) in [5.41, 5.74) is 1.36. The number of nitrogens with two attached hydrogens (primary N) is 1. The van der Waals surface area contributed by atoms with Crippen molar-refractivity contribution in [1.82, 2.24) is 10.2 Å². The topological polar surface area (TPSA) is 75.4 Å². The fraction of sp³-hybridized carbons (Fsp3) is 0.600. The zero-order valence-corrected chi connectivity index (χ0v) is 13.2. The van der Waals surface area contributed by atoms with Crippen molar-refractivity contribution in [3.8, 4) is 0 Å². The Balaban J connectivity index is 1.62. The van der Waals surface area contributed by atoms with Crippen LogP contribution < -0.4 is 10.5 Å². The average molecular weight is 311 g/mol. The predicted molar refractivity (Wildman–Crippen MR) is 85.3 cm³/mol. The van der Waals surface area contributed by atoms with E-state index in [9.17, 15) is 8.42 Å². The molecule has 118 valence electrons. The van der Waals surface area contributed by atoms with Crippen molar-refractivity contribution < 1.29 is 8.42 Å². The molecule has 6 heteroatoms. The molecule has 0 saturated carbocycles. The van der Waals surface area contributed by atoms with E-state index >= 15 is 0 Å². The number of primary sulfonamides is 1. The first-order valence-electron chi connectivity index (χ1n) is 7.53. The molecule has 1 aliphatic rings. The zero-order valence-electron chi connectivity index (χ0n) is 12.4. The van der Waals surface area contributed by atoms with E-state index in [1.165, 1.54) is 5.56 Å². The van der Waals surface area contributed by atoms with Gasteiger partial charge in [0.05, 0.1) is 5.75 Å². The van der Waals surface area contributed by atoms with Crippen LogP contribution in [-0.4, -0.2) is 44.7 Å². The molecule has 0 spiro atoms. The van der Waals surface area contributed by atoms with E-state index in [1.807, 2.05) is 6.07 Å². The standard InChI is InChI=1S/C15H25N3O2S/c16-21(19,20)12-4-9-17-15-7-10-18(11-8-15)13-14-5-2-1-3-6-14/h1-3,5-6,15,17H,4,7-13H2,(H2,16,19,20). The minimum absolute atomic E-state index is 0.0624. The maximum Gasteiger partial charge on any atom is 0.209 e. The first-order chi connectivity index (χ1) is 10.0. The summed E-state index contributed by atoms with van der Waals surface area (Å²) >= 11 is 0. The van der Waals surface area contributed by atoms with Crippen LogP contribution in [-0.2, 0) is 16.6 Å². The van der Waals surface area contributed by atoms with E-state index in [4.69, 9.17) is 5.14 Å². The third-order valence-corrected chi connectivity index (χ3v) is 4.73. The van der Waals surface area contributed by atoms with E-state index in [0.29, 0.717) is 12.5 Å². The fourth-order valence-electron chi connectivity index (χ4n) is 2.72. The highest BCUT2D eigenvalue weighted by molar-refractivity contribution is 7.89. The molecule has 2 rings (SSSR count). The van der Waals surface area contributed by atoms with Gasteiger partial charge >= 0.3 is 0 Å². The normalized spacial score (nSPS) is 18.0. The van der Waals surface area contributed by atoms with E-state index < -0.39 is 10.0 Å². The fourth-order valence-corrected chi connectivity index (χ4v) is 3.26. The highest BCUT2D eigenvalue weighted by Gasteiger charge is 2.18. The summed E-state index contributed by atoms with van der Waals surface area (Å²) in [5.74, 6) is 0.0624. The number of nitrogens with one attached hydrogen (secondary N) is 1. The molecule has 0 amide bonds. The summed E-state index contributed by atoms with van der Waals surface area (Å²) in [6, 6.07) is 11.0. The predicted octanol–water partition coefficient (Wildman–Crippen LogP) is 0.919. The minimum atomic E-state index is -3.32. The quantitative estimate of drug-likeness (QED) is 0.734. The molecule has 1 saturated heterocycles. The van der Waals surface area contributed by atoms with E-state index in [1.54, 1.807) is 0 Å². The van der Waals surface area contributed by atoms with Gasteiger partial charge in [-0.2, -0.15) is 0 Å². The molecule has 1 aromatic rings. The van der Waals surface area contributed by atoms with Crippen LogP contribution in [0.3, 0.4) is 0 Å². The molecular weight excluding hydrogens is 286 g/mol. The Hall–Kier alpha value is -0.950. The van der Waals surface area contributed by atoms with Crippen molar-refractivity contribution in [2.45, 2.75) is 31.8 Å². The molecule has 0 atom stereocenters. The highest BCUT2D eigenvalue weighted by Crippen LogP contribution is 2.13. The molecule has 0 bridgehead atoms. The first-order valence-corrected chi connectivity index (χ1v) is 9.24. The Morgan fingerprint density at radius 2 is 1.86 bits per heavy atom. The average Bonchev–Trinajstić information content (AvgIpc) is 2.45. The van der Waals surface area contributed by atoms with Gasteiger partial charge in [0, 0.05) is 12.6 Å². The Morgan fingerprint density at radius 1 is 1.19 bits per heavy atom. The molecule has 21 heavy (non-hydrogen) atoms. The van der Waals surface area contributed by atoms with Gasteiger partial charge in [-0.1, -0.05) is 30.3 Å². The van der Waals surface area contributed by atoms with Crippen molar-refractivity contribution in [2.75, 3.05) is 25.4 Å².